The second-order valence-corrected chi connectivity index (χ2v) is 7.36. The third-order valence-electron chi connectivity index (χ3n) is 4.81. The molecule has 1 N–H and O–H groups in total. The molecule has 2 aliphatic heterocycles. The van der Waals surface area contributed by atoms with E-state index in [-0.39, 0.29) is 23.9 Å². The largest absolute Gasteiger partial charge is 0.349 e. The zero-order valence-electron chi connectivity index (χ0n) is 13.2. The third-order valence-corrected chi connectivity index (χ3v) is 5.65. The summed E-state index contributed by atoms with van der Waals surface area (Å²) in [7, 11) is 1.87. The quantitative estimate of drug-likeness (QED) is 0.917. The normalized spacial score (nSPS) is 24.0. The minimum Gasteiger partial charge on any atom is -0.349 e. The van der Waals surface area contributed by atoms with Crippen molar-refractivity contribution in [3.8, 4) is 0 Å². The minimum atomic E-state index is 0.0360. The number of nitrogens with zero attached hydrogens (tertiary/aromatic N) is 2. The van der Waals surface area contributed by atoms with Crippen LogP contribution in [0.5, 0.6) is 0 Å². The second-order valence-electron chi connectivity index (χ2n) is 6.24. The molecular weight excluding hydrogens is 298 g/mol. The van der Waals surface area contributed by atoms with Crippen LogP contribution in [0.15, 0.2) is 11.4 Å². The number of nitrogens with one attached hydrogen (secondary N) is 1. The van der Waals surface area contributed by atoms with Gasteiger partial charge in [0, 0.05) is 37.6 Å². The first-order chi connectivity index (χ1) is 10.6. The van der Waals surface area contributed by atoms with Crippen LogP contribution < -0.4 is 5.32 Å². The number of thiophene rings is 1. The molecule has 0 aromatic carbocycles. The molecule has 6 heteroatoms. The molecule has 2 aliphatic rings. The molecule has 1 aromatic rings. The van der Waals surface area contributed by atoms with Gasteiger partial charge in [0.1, 0.15) is 0 Å². The van der Waals surface area contributed by atoms with E-state index in [2.05, 4.69) is 10.2 Å². The number of hydrogen-bond donors (Lipinski definition) is 1. The maximum Gasteiger partial charge on any atom is 0.252 e. The number of likely N-dealkylation sites (tertiary alicyclic amines) is 2. The summed E-state index contributed by atoms with van der Waals surface area (Å²) < 4.78 is 0. The number of likely N-dealkylation sites (N-methyl/N-ethyl adjacent to an activating group) is 1. The number of hydrogen-bond acceptors (Lipinski definition) is 4. The van der Waals surface area contributed by atoms with E-state index in [0.29, 0.717) is 0 Å². The van der Waals surface area contributed by atoms with Crippen molar-refractivity contribution < 1.29 is 9.59 Å². The molecule has 0 unspecified atom stereocenters. The lowest BCUT2D eigenvalue weighted by Gasteiger charge is -2.35. The Bertz CT molecular complexity index is 563. The van der Waals surface area contributed by atoms with E-state index in [9.17, 15) is 9.59 Å². The summed E-state index contributed by atoms with van der Waals surface area (Å²) in [5, 5.41) is 5.09. The topological polar surface area (TPSA) is 52.7 Å². The van der Waals surface area contributed by atoms with Crippen molar-refractivity contribution in [1.82, 2.24) is 15.1 Å². The van der Waals surface area contributed by atoms with Crippen molar-refractivity contribution in [3.05, 3.63) is 21.9 Å². The average molecular weight is 321 g/mol. The van der Waals surface area contributed by atoms with Gasteiger partial charge in [0.2, 0.25) is 5.91 Å². The van der Waals surface area contributed by atoms with Crippen LogP contribution in [0.3, 0.4) is 0 Å². The van der Waals surface area contributed by atoms with Crippen LogP contribution in [0.1, 0.15) is 34.5 Å². The lowest BCUT2D eigenvalue weighted by atomic mass is 10.0. The monoisotopic (exact) mass is 321 g/mol. The van der Waals surface area contributed by atoms with E-state index in [4.69, 9.17) is 0 Å². The predicted molar refractivity (Wildman–Crippen MR) is 87.2 cm³/mol. The minimum absolute atomic E-state index is 0.0360. The van der Waals surface area contributed by atoms with Crippen molar-refractivity contribution >= 4 is 23.2 Å². The molecule has 0 radical (unpaired) electrons. The number of carbonyl (C=O) groups excluding carboxylic acids is 2. The molecular formula is C16H23N3O2S. The van der Waals surface area contributed by atoms with Gasteiger partial charge in [-0.3, -0.25) is 14.5 Å². The molecule has 3 heterocycles. The summed E-state index contributed by atoms with van der Waals surface area (Å²) in [6, 6.07) is 2.16. The first-order valence-corrected chi connectivity index (χ1v) is 8.78. The summed E-state index contributed by atoms with van der Waals surface area (Å²) in [5.41, 5.74) is 0.792. The molecule has 0 spiro atoms. The molecule has 0 bridgehead atoms. The Morgan fingerprint density at radius 3 is 2.55 bits per heavy atom. The van der Waals surface area contributed by atoms with Gasteiger partial charge in [-0.1, -0.05) is 0 Å². The fourth-order valence-corrected chi connectivity index (χ4v) is 4.08. The molecule has 3 rings (SSSR count). The Hall–Kier alpha value is -1.40. The molecule has 0 aliphatic carbocycles. The van der Waals surface area contributed by atoms with Gasteiger partial charge in [-0.2, -0.15) is 0 Å². The summed E-state index contributed by atoms with van der Waals surface area (Å²) >= 11 is 1.60. The molecule has 1 aromatic heterocycles. The predicted octanol–water partition coefficient (Wildman–Crippen LogP) is 1.48. The fraction of sp³-hybridized carbons (Fsp3) is 0.625. The average Bonchev–Trinajstić information content (AvgIpc) is 3.07. The molecule has 120 valence electrons. The van der Waals surface area contributed by atoms with Crippen LogP contribution in [-0.2, 0) is 4.79 Å². The number of amides is 2. The van der Waals surface area contributed by atoms with Crippen molar-refractivity contribution in [2.45, 2.75) is 38.3 Å². The summed E-state index contributed by atoms with van der Waals surface area (Å²) in [6.07, 6.45) is 2.77. The van der Waals surface area contributed by atoms with Gasteiger partial charge < -0.3 is 10.2 Å². The van der Waals surface area contributed by atoms with Gasteiger partial charge in [0.05, 0.1) is 11.6 Å². The molecule has 5 nitrogen and oxygen atoms in total. The Kier molecular flexibility index (Phi) is 4.49. The highest BCUT2D eigenvalue weighted by Gasteiger charge is 2.35. The SMILES string of the molecule is Cc1sccc1C(=O)NC1CCN([C@@H]2CCN(C)C2=O)CC1. The van der Waals surface area contributed by atoms with Gasteiger partial charge in [-0.25, -0.2) is 0 Å². The number of rotatable bonds is 3. The number of piperidine rings is 1. The lowest BCUT2D eigenvalue weighted by molar-refractivity contribution is -0.131. The van der Waals surface area contributed by atoms with E-state index in [0.717, 1.165) is 49.3 Å². The van der Waals surface area contributed by atoms with Gasteiger partial charge in [0.25, 0.3) is 5.91 Å². The summed E-state index contributed by atoms with van der Waals surface area (Å²) in [4.78, 5) is 29.5. The van der Waals surface area contributed by atoms with Crippen molar-refractivity contribution in [1.29, 1.82) is 0 Å². The summed E-state index contributed by atoms with van der Waals surface area (Å²) in [5.74, 6) is 0.283. The van der Waals surface area contributed by atoms with Crippen molar-refractivity contribution in [3.63, 3.8) is 0 Å². The van der Waals surface area contributed by atoms with Crippen LogP contribution in [0.25, 0.3) is 0 Å². The molecule has 22 heavy (non-hydrogen) atoms. The van der Waals surface area contributed by atoms with Gasteiger partial charge >= 0.3 is 0 Å². The first-order valence-electron chi connectivity index (χ1n) is 7.90. The van der Waals surface area contributed by atoms with E-state index in [1.165, 1.54) is 0 Å². The highest BCUT2D eigenvalue weighted by molar-refractivity contribution is 7.10. The number of carbonyl (C=O) groups is 2. The fourth-order valence-electron chi connectivity index (χ4n) is 3.38. The first kappa shape index (κ1) is 15.5. The van der Waals surface area contributed by atoms with Crippen molar-refractivity contribution in [2.24, 2.45) is 0 Å². The molecule has 2 fully saturated rings. The molecule has 2 saturated heterocycles. The van der Waals surface area contributed by atoms with E-state index in [1.54, 1.807) is 11.3 Å². The standard InChI is InChI=1S/C16H23N3O2S/c1-11-13(6-10-22-11)15(20)17-12-3-8-19(9-4-12)14-5-7-18(2)16(14)21/h6,10,12,14H,3-5,7-9H2,1-2H3,(H,17,20)/t14-/m1/s1. The van der Waals surface area contributed by atoms with Crippen LogP contribution in [-0.4, -0.2) is 60.4 Å². The van der Waals surface area contributed by atoms with Gasteiger partial charge in [0.15, 0.2) is 0 Å². The number of aryl methyl sites for hydroxylation is 1. The van der Waals surface area contributed by atoms with Gasteiger partial charge in [-0.05, 0) is 37.6 Å². The Morgan fingerprint density at radius 2 is 2.00 bits per heavy atom. The van der Waals surface area contributed by atoms with Crippen LogP contribution in [0, 0.1) is 6.92 Å². The Morgan fingerprint density at radius 1 is 1.27 bits per heavy atom. The van der Waals surface area contributed by atoms with E-state index < -0.39 is 0 Å². The maximum atomic E-state index is 12.2. The van der Waals surface area contributed by atoms with E-state index in [1.807, 2.05) is 30.3 Å². The van der Waals surface area contributed by atoms with Crippen LogP contribution in [0.2, 0.25) is 0 Å². The van der Waals surface area contributed by atoms with E-state index >= 15 is 0 Å². The maximum absolute atomic E-state index is 12.2. The smallest absolute Gasteiger partial charge is 0.252 e. The Labute approximate surface area is 135 Å². The van der Waals surface area contributed by atoms with Crippen LogP contribution in [0.4, 0.5) is 0 Å². The van der Waals surface area contributed by atoms with Gasteiger partial charge in [-0.15, -0.1) is 11.3 Å². The highest BCUT2D eigenvalue weighted by Crippen LogP contribution is 2.21. The molecule has 0 saturated carbocycles. The third kappa shape index (κ3) is 3.03. The molecule has 1 atom stereocenters. The Balaban J connectivity index is 1.51. The zero-order chi connectivity index (χ0) is 15.7. The second kappa shape index (κ2) is 6.38. The van der Waals surface area contributed by atoms with Crippen LogP contribution >= 0.6 is 11.3 Å². The van der Waals surface area contributed by atoms with Crippen molar-refractivity contribution in [2.75, 3.05) is 26.7 Å². The highest BCUT2D eigenvalue weighted by atomic mass is 32.1. The molecule has 2 amide bonds. The summed E-state index contributed by atoms with van der Waals surface area (Å²) in [6.45, 7) is 4.61. The lowest BCUT2D eigenvalue weighted by Crippen LogP contribution is -2.50. The zero-order valence-corrected chi connectivity index (χ0v) is 14.0.